The Morgan fingerprint density at radius 2 is 1.60 bits per heavy atom. The zero-order chi connectivity index (χ0) is 28.5. The number of nitrogens with one attached hydrogen (secondary N) is 1. The van der Waals surface area contributed by atoms with E-state index in [2.05, 4.69) is 15.3 Å². The highest BCUT2D eigenvalue weighted by molar-refractivity contribution is 7.21. The lowest BCUT2D eigenvalue weighted by atomic mass is 10.2. The number of nitrogens with two attached hydrogens (primary N) is 1. The molecule has 0 atom stereocenters. The van der Waals surface area contributed by atoms with Gasteiger partial charge in [-0.2, -0.15) is 5.26 Å². The maximum Gasteiger partial charge on any atom is 0.339 e. The Hall–Kier alpha value is -4.24. The van der Waals surface area contributed by atoms with Crippen molar-refractivity contribution in [2.24, 2.45) is 0 Å². The number of rotatable bonds is 6. The van der Waals surface area contributed by atoms with Crippen molar-refractivity contribution in [2.75, 3.05) is 24.3 Å². The van der Waals surface area contributed by atoms with E-state index in [1.54, 1.807) is 19.9 Å². The Balaban J connectivity index is 0.000000320. The number of hydrogen-bond acceptors (Lipinski definition) is 10. The molecule has 0 aliphatic rings. The lowest BCUT2D eigenvalue weighted by molar-refractivity contribution is 0.0516. The fraction of sp³-hybridized carbons (Fsp3) is 0.185. The Morgan fingerprint density at radius 3 is 2.17 bits per heavy atom. The van der Waals surface area contributed by atoms with E-state index in [-0.39, 0.29) is 47.8 Å². The number of esters is 2. The Morgan fingerprint density at radius 1 is 1.02 bits per heavy atom. The molecule has 0 saturated heterocycles. The van der Waals surface area contributed by atoms with Gasteiger partial charge in [-0.3, -0.25) is 4.79 Å². The first-order valence-corrected chi connectivity index (χ1v) is 12.8. The number of carbonyl (C=O) groups is 3. The number of nitrogen functional groups attached to an aromatic ring is 1. The molecule has 13 heteroatoms. The highest BCUT2D eigenvalue weighted by Crippen LogP contribution is 2.33. The highest BCUT2D eigenvalue weighted by Gasteiger charge is 2.19. The zero-order valence-corrected chi connectivity index (χ0v) is 24.1. The van der Waals surface area contributed by atoms with Gasteiger partial charge in [-0.05, 0) is 45.0 Å². The number of ether oxygens (including phenoxy) is 2. The highest BCUT2D eigenvalue weighted by atomic mass is 35.5. The lowest BCUT2D eigenvalue weighted by Gasteiger charge is -2.04. The molecule has 208 valence electrons. The minimum Gasteiger partial charge on any atom is -0.462 e. The van der Waals surface area contributed by atoms with Crippen LogP contribution in [0.2, 0.25) is 5.15 Å². The molecule has 0 spiro atoms. The average Bonchev–Trinajstić information content (AvgIpc) is 3.26. The minimum atomic E-state index is -0.506. The van der Waals surface area contributed by atoms with Gasteiger partial charge < -0.3 is 20.5 Å². The molecule has 0 unspecified atom stereocenters. The van der Waals surface area contributed by atoms with Gasteiger partial charge in [-0.25, -0.2) is 19.6 Å². The SMILES string of the molecule is CCOC(=O)c1cnc(Cl)c(C#N)c1.CCOC(=O)c1cnc2sc(C(=O)Nc3ccc(C)cc3)c(N)c2c1.Cl. The summed E-state index contributed by atoms with van der Waals surface area (Å²) >= 11 is 6.78. The number of nitriles is 1. The van der Waals surface area contributed by atoms with Gasteiger partial charge in [-0.1, -0.05) is 29.3 Å². The fourth-order valence-corrected chi connectivity index (χ4v) is 4.26. The van der Waals surface area contributed by atoms with Crippen molar-refractivity contribution in [2.45, 2.75) is 20.8 Å². The van der Waals surface area contributed by atoms with Crippen molar-refractivity contribution in [3.05, 3.63) is 81.1 Å². The Kier molecular flexibility index (Phi) is 11.8. The van der Waals surface area contributed by atoms with Gasteiger partial charge in [0, 0.05) is 23.5 Å². The predicted octanol–water partition coefficient (Wildman–Crippen LogP) is 5.82. The van der Waals surface area contributed by atoms with Crippen LogP contribution in [0, 0.1) is 18.3 Å². The van der Waals surface area contributed by atoms with Gasteiger partial charge in [0.25, 0.3) is 5.91 Å². The molecule has 1 aromatic carbocycles. The van der Waals surface area contributed by atoms with Crippen molar-refractivity contribution in [1.82, 2.24) is 9.97 Å². The van der Waals surface area contributed by atoms with Crippen LogP contribution in [-0.2, 0) is 9.47 Å². The van der Waals surface area contributed by atoms with Crippen LogP contribution in [-0.4, -0.2) is 41.0 Å². The van der Waals surface area contributed by atoms with Gasteiger partial charge >= 0.3 is 11.9 Å². The summed E-state index contributed by atoms with van der Waals surface area (Å²) in [5.74, 6) is -1.27. The summed E-state index contributed by atoms with van der Waals surface area (Å²) in [6.07, 6.45) is 2.71. The molecule has 0 saturated carbocycles. The molecule has 3 aromatic heterocycles. The standard InChI is InChI=1S/C18H17N3O3S.C9H7ClN2O2.ClH/c1-3-24-18(23)11-8-13-14(19)15(25-17(13)20-9-11)16(22)21-12-6-4-10(2)5-7-12;1-2-14-9(13)7-3-6(4-11)8(10)12-5-7;/h4-9H,3,19H2,1-2H3,(H,21,22);3,5H,2H2,1H3;1H. The van der Waals surface area contributed by atoms with Crippen LogP contribution in [0.5, 0.6) is 0 Å². The van der Waals surface area contributed by atoms with Crippen LogP contribution in [0.15, 0.2) is 48.8 Å². The number of benzene rings is 1. The van der Waals surface area contributed by atoms with Crippen molar-refractivity contribution in [1.29, 1.82) is 5.26 Å². The smallest absolute Gasteiger partial charge is 0.339 e. The predicted molar refractivity (Wildman–Crippen MR) is 156 cm³/mol. The van der Waals surface area contributed by atoms with E-state index < -0.39 is 11.9 Å². The molecule has 0 fully saturated rings. The number of aryl methyl sites for hydroxylation is 1. The number of nitrogens with zero attached hydrogens (tertiary/aromatic N) is 3. The molecule has 3 N–H and O–H groups in total. The number of carbonyl (C=O) groups excluding carboxylic acids is 3. The third-order valence-corrected chi connectivity index (χ3v) is 6.51. The van der Waals surface area contributed by atoms with Gasteiger partial charge in [0.05, 0.1) is 35.6 Å². The second kappa shape index (κ2) is 14.8. The topological polar surface area (TPSA) is 157 Å². The number of halogens is 2. The number of thiophene rings is 1. The third kappa shape index (κ3) is 7.89. The van der Waals surface area contributed by atoms with Crippen LogP contribution < -0.4 is 11.1 Å². The van der Waals surface area contributed by atoms with E-state index in [0.29, 0.717) is 32.0 Å². The first-order chi connectivity index (χ1) is 18.7. The van der Waals surface area contributed by atoms with Gasteiger partial charge in [0.1, 0.15) is 20.9 Å². The van der Waals surface area contributed by atoms with E-state index in [1.165, 1.54) is 29.8 Å². The van der Waals surface area contributed by atoms with E-state index >= 15 is 0 Å². The fourth-order valence-electron chi connectivity index (χ4n) is 3.17. The summed E-state index contributed by atoms with van der Waals surface area (Å²) in [6.45, 7) is 5.97. The molecule has 0 aliphatic heterocycles. The third-order valence-electron chi connectivity index (χ3n) is 5.08. The largest absolute Gasteiger partial charge is 0.462 e. The molecule has 10 nitrogen and oxygen atoms in total. The summed E-state index contributed by atoms with van der Waals surface area (Å²) in [5.41, 5.74) is 8.92. The van der Waals surface area contributed by atoms with Crippen molar-refractivity contribution in [3.8, 4) is 6.07 Å². The lowest BCUT2D eigenvalue weighted by Crippen LogP contribution is -2.11. The molecule has 4 aromatic rings. The molecule has 0 radical (unpaired) electrons. The number of amides is 1. The number of anilines is 2. The average molecular weight is 603 g/mol. The Bertz CT molecular complexity index is 1570. The molecule has 40 heavy (non-hydrogen) atoms. The van der Waals surface area contributed by atoms with Gasteiger partial charge in [-0.15, -0.1) is 23.7 Å². The van der Waals surface area contributed by atoms with Crippen LogP contribution >= 0.6 is 35.3 Å². The van der Waals surface area contributed by atoms with E-state index in [4.69, 9.17) is 32.1 Å². The normalized spacial score (nSPS) is 9.88. The molecule has 0 aliphatic carbocycles. The van der Waals surface area contributed by atoms with Crippen molar-refractivity contribution >= 4 is 74.8 Å². The molecular weight excluding hydrogens is 577 g/mol. The van der Waals surface area contributed by atoms with Crippen LogP contribution in [0.25, 0.3) is 10.2 Å². The van der Waals surface area contributed by atoms with E-state index in [1.807, 2.05) is 37.3 Å². The maximum absolute atomic E-state index is 12.5. The summed E-state index contributed by atoms with van der Waals surface area (Å²) in [4.78, 5) is 44.4. The second-order valence-electron chi connectivity index (χ2n) is 7.86. The van der Waals surface area contributed by atoms with Gasteiger partial charge in [0.2, 0.25) is 0 Å². The monoisotopic (exact) mass is 601 g/mol. The summed E-state index contributed by atoms with van der Waals surface area (Å²) in [6, 6.07) is 12.3. The van der Waals surface area contributed by atoms with Crippen LogP contribution in [0.1, 0.15) is 55.4 Å². The minimum absolute atomic E-state index is 0. The number of hydrogen-bond donors (Lipinski definition) is 2. The molecule has 4 rings (SSSR count). The maximum atomic E-state index is 12.5. The van der Waals surface area contributed by atoms with Crippen molar-refractivity contribution < 1.29 is 23.9 Å². The van der Waals surface area contributed by atoms with Crippen molar-refractivity contribution in [3.63, 3.8) is 0 Å². The van der Waals surface area contributed by atoms with E-state index in [0.717, 1.165) is 5.56 Å². The summed E-state index contributed by atoms with van der Waals surface area (Å²) in [5, 5.41) is 12.1. The summed E-state index contributed by atoms with van der Waals surface area (Å²) < 4.78 is 9.70. The van der Waals surface area contributed by atoms with Crippen LogP contribution in [0.3, 0.4) is 0 Å². The number of fused-ring (bicyclic) bond motifs is 1. The summed E-state index contributed by atoms with van der Waals surface area (Å²) in [7, 11) is 0. The second-order valence-corrected chi connectivity index (χ2v) is 9.21. The first kappa shape index (κ1) is 32.0. The van der Waals surface area contributed by atoms with Gasteiger partial charge in [0.15, 0.2) is 0 Å². The van der Waals surface area contributed by atoms with Crippen LogP contribution in [0.4, 0.5) is 11.4 Å². The molecule has 1 amide bonds. The molecule has 3 heterocycles. The molecule has 0 bridgehead atoms. The number of aromatic nitrogens is 2. The molecular formula is C27H25Cl2N5O5S. The van der Waals surface area contributed by atoms with E-state index in [9.17, 15) is 14.4 Å². The zero-order valence-electron chi connectivity index (χ0n) is 21.7. The number of pyridine rings is 2. The quantitative estimate of drug-likeness (QED) is 0.205. The Labute approximate surface area is 245 Å². The first-order valence-electron chi connectivity index (χ1n) is 11.6.